The highest BCUT2D eigenvalue weighted by Crippen LogP contribution is 2.67. The summed E-state index contributed by atoms with van der Waals surface area (Å²) in [5.74, 6) is -0.235. The van der Waals surface area contributed by atoms with E-state index in [4.69, 9.17) is 13.6 Å². The van der Waals surface area contributed by atoms with Crippen LogP contribution in [0.3, 0.4) is 0 Å². The van der Waals surface area contributed by atoms with Gasteiger partial charge in [-0.25, -0.2) is 0 Å². The van der Waals surface area contributed by atoms with Crippen LogP contribution in [0.25, 0.3) is 0 Å². The van der Waals surface area contributed by atoms with Crippen LogP contribution in [0.15, 0.2) is 24.3 Å². The molecule has 2 heterocycles. The number of hydrogen-bond donors (Lipinski definition) is 1. The fourth-order valence-electron chi connectivity index (χ4n) is 7.83. The maximum atomic E-state index is 13.8. The van der Waals surface area contributed by atoms with Gasteiger partial charge in [0.25, 0.3) is 0 Å². The molecular formula is C31H52O5Si2. The fourth-order valence-corrected chi connectivity index (χ4v) is 10.6. The van der Waals surface area contributed by atoms with E-state index in [0.717, 1.165) is 19.3 Å². The van der Waals surface area contributed by atoms with Crippen LogP contribution >= 0.6 is 0 Å². The van der Waals surface area contributed by atoms with Crippen LogP contribution in [-0.2, 0) is 18.4 Å². The van der Waals surface area contributed by atoms with Crippen molar-refractivity contribution in [3.63, 3.8) is 0 Å². The van der Waals surface area contributed by atoms with Crippen molar-refractivity contribution in [2.45, 2.75) is 134 Å². The Kier molecular flexibility index (Phi) is 6.36. The maximum Gasteiger partial charge on any atom is 0.317 e. The van der Waals surface area contributed by atoms with Crippen molar-refractivity contribution in [1.29, 1.82) is 0 Å². The van der Waals surface area contributed by atoms with E-state index in [0.29, 0.717) is 6.42 Å². The third-order valence-corrected chi connectivity index (χ3v) is 21.4. The average molecular weight is 561 g/mol. The molecule has 6 aliphatic rings. The van der Waals surface area contributed by atoms with Crippen LogP contribution in [0.5, 0.6) is 0 Å². The number of ether oxygens (including phenoxy) is 1. The highest BCUT2D eigenvalue weighted by Gasteiger charge is 2.72. The van der Waals surface area contributed by atoms with Gasteiger partial charge in [-0.15, -0.1) is 0 Å². The van der Waals surface area contributed by atoms with Crippen molar-refractivity contribution in [2.24, 2.45) is 28.6 Å². The second kappa shape index (κ2) is 8.40. The van der Waals surface area contributed by atoms with Crippen molar-refractivity contribution in [3.05, 3.63) is 24.3 Å². The molecule has 0 aromatic heterocycles. The van der Waals surface area contributed by atoms with Gasteiger partial charge in [-0.1, -0.05) is 66.7 Å². The molecule has 0 unspecified atom stereocenters. The minimum Gasteiger partial charge on any atom is -0.457 e. The molecular weight excluding hydrogens is 509 g/mol. The molecule has 2 saturated carbocycles. The van der Waals surface area contributed by atoms with E-state index in [2.05, 4.69) is 99.0 Å². The second-order valence-electron chi connectivity index (χ2n) is 16.3. The molecule has 0 aromatic rings. The lowest BCUT2D eigenvalue weighted by molar-refractivity contribution is -0.214. The Hall–Kier alpha value is -0.736. The van der Waals surface area contributed by atoms with Crippen LogP contribution in [-0.4, -0.2) is 51.6 Å². The summed E-state index contributed by atoms with van der Waals surface area (Å²) in [6.07, 6.45) is 11.6. The zero-order valence-electron chi connectivity index (χ0n) is 25.7. The quantitative estimate of drug-likeness (QED) is 0.228. The summed E-state index contributed by atoms with van der Waals surface area (Å²) >= 11 is 0. The number of rotatable bonds is 4. The van der Waals surface area contributed by atoms with E-state index in [9.17, 15) is 9.90 Å². The lowest BCUT2D eigenvalue weighted by atomic mass is 9.45. The van der Waals surface area contributed by atoms with Crippen LogP contribution in [0.1, 0.15) is 74.1 Å². The molecule has 1 saturated heterocycles. The lowest BCUT2D eigenvalue weighted by Crippen LogP contribution is -2.69. The highest BCUT2D eigenvalue weighted by atomic mass is 28.4. The normalized spacial score (nSPS) is 44.5. The van der Waals surface area contributed by atoms with Crippen LogP contribution in [0.4, 0.5) is 0 Å². The minimum atomic E-state index is -2.12. The number of carbonyl (C=O) groups excluding carboxylic acids is 1. The molecule has 38 heavy (non-hydrogen) atoms. The summed E-state index contributed by atoms with van der Waals surface area (Å²) in [5.41, 5.74) is -2.23. The molecule has 5 nitrogen and oxygen atoms in total. The van der Waals surface area contributed by atoms with Gasteiger partial charge in [0.05, 0.1) is 17.1 Å². The van der Waals surface area contributed by atoms with E-state index in [1.807, 2.05) is 0 Å². The van der Waals surface area contributed by atoms with Crippen LogP contribution < -0.4 is 0 Å². The number of aliphatic hydroxyl groups is 1. The molecule has 2 bridgehead atoms. The Balaban J connectivity index is 1.58. The molecule has 1 N–H and O–H groups in total. The van der Waals surface area contributed by atoms with Gasteiger partial charge in [-0.05, 0) is 73.9 Å². The van der Waals surface area contributed by atoms with Gasteiger partial charge in [0.15, 0.2) is 16.6 Å². The monoisotopic (exact) mass is 560 g/mol. The van der Waals surface area contributed by atoms with Crippen LogP contribution in [0, 0.1) is 28.6 Å². The number of carbonyl (C=O) groups is 1. The Morgan fingerprint density at radius 2 is 1.53 bits per heavy atom. The largest absolute Gasteiger partial charge is 0.457 e. The van der Waals surface area contributed by atoms with E-state index in [1.165, 1.54) is 0 Å². The summed E-state index contributed by atoms with van der Waals surface area (Å²) in [6, 6.07) is 0. The standard InChI is InChI=1S/C31H52O5Si2/c1-27(2,3)37(8,9)35-24-19-22-21(30-16-12-20(18-23(24)30)34-26(30)32)13-15-29(7)25(14-17-31(22,29)33)36-38(10,11)28(4,5)6/h12-13,15-16,20-25,33H,14,17-19H2,1-11H3/t20-,21-,22+,23-,24+,25+,29+,30-,31-/m0/s1. The van der Waals surface area contributed by atoms with Crippen molar-refractivity contribution in [2.75, 3.05) is 0 Å². The third kappa shape index (κ3) is 3.81. The molecule has 0 aromatic carbocycles. The molecule has 7 heteroatoms. The Morgan fingerprint density at radius 1 is 0.921 bits per heavy atom. The number of fused-ring (bicyclic) bond motifs is 4. The average Bonchev–Trinajstić information content (AvgIpc) is 3.03. The predicted molar refractivity (Wildman–Crippen MR) is 157 cm³/mol. The summed E-state index contributed by atoms with van der Waals surface area (Å²) in [6.45, 7) is 25.1. The summed E-state index contributed by atoms with van der Waals surface area (Å²) in [5, 5.41) is 12.9. The van der Waals surface area contributed by atoms with Gasteiger partial charge < -0.3 is 18.7 Å². The first-order chi connectivity index (χ1) is 17.2. The Labute approximate surface area is 233 Å². The molecule has 1 spiro atoms. The van der Waals surface area contributed by atoms with Crippen molar-refractivity contribution in [1.82, 2.24) is 0 Å². The van der Waals surface area contributed by atoms with Crippen LogP contribution in [0.2, 0.25) is 36.3 Å². The van der Waals surface area contributed by atoms with Gasteiger partial charge in [-0.2, -0.15) is 0 Å². The van der Waals surface area contributed by atoms with E-state index < -0.39 is 33.1 Å². The highest BCUT2D eigenvalue weighted by molar-refractivity contribution is 6.74. The first kappa shape index (κ1) is 28.8. The van der Waals surface area contributed by atoms with E-state index in [-0.39, 0.29) is 52.1 Å². The molecule has 6 rings (SSSR count). The van der Waals surface area contributed by atoms with Gasteiger partial charge in [-0.3, -0.25) is 4.79 Å². The number of hydrogen-bond acceptors (Lipinski definition) is 5. The van der Waals surface area contributed by atoms with Crippen molar-refractivity contribution in [3.8, 4) is 0 Å². The maximum absolute atomic E-state index is 13.8. The first-order valence-electron chi connectivity index (χ1n) is 14.9. The SMILES string of the molecule is CC(C)(C)[Si](C)(C)O[C@@H]1C[C@@H]2[C@H](C=C[C@]3(C)[C@H](O[Si](C)(C)C(C)(C)C)CC[C@]23O)[C@@]23C=C[C@@H](C[C@@H]12)OC3=O. The smallest absolute Gasteiger partial charge is 0.317 e. The molecule has 0 radical (unpaired) electrons. The van der Waals surface area contributed by atoms with Gasteiger partial charge in [0.2, 0.25) is 0 Å². The zero-order chi connectivity index (χ0) is 28.3. The van der Waals surface area contributed by atoms with Crippen molar-refractivity contribution < 1.29 is 23.5 Å². The van der Waals surface area contributed by atoms with Gasteiger partial charge in [0.1, 0.15) is 6.10 Å². The molecule has 2 aliphatic heterocycles. The number of allylic oxidation sites excluding steroid dienone is 1. The molecule has 4 aliphatic carbocycles. The summed E-state index contributed by atoms with van der Waals surface area (Å²) in [7, 11) is -4.16. The Bertz CT molecular complexity index is 1050. The first-order valence-corrected chi connectivity index (χ1v) is 20.7. The fraction of sp³-hybridized carbons (Fsp3) is 0.839. The number of esters is 1. The van der Waals surface area contributed by atoms with Gasteiger partial charge >= 0.3 is 5.97 Å². The lowest BCUT2D eigenvalue weighted by Gasteiger charge is -2.63. The minimum absolute atomic E-state index is 0.0369. The van der Waals surface area contributed by atoms with E-state index >= 15 is 0 Å². The Morgan fingerprint density at radius 3 is 2.11 bits per heavy atom. The third-order valence-electron chi connectivity index (χ3n) is 12.4. The molecule has 0 amide bonds. The molecule has 9 atom stereocenters. The van der Waals surface area contributed by atoms with Gasteiger partial charge in [0, 0.05) is 23.4 Å². The summed E-state index contributed by atoms with van der Waals surface area (Å²) in [4.78, 5) is 13.8. The second-order valence-corrected chi connectivity index (χ2v) is 25.8. The van der Waals surface area contributed by atoms with Crippen molar-refractivity contribution >= 4 is 22.6 Å². The zero-order valence-corrected chi connectivity index (χ0v) is 27.7. The summed E-state index contributed by atoms with van der Waals surface area (Å²) < 4.78 is 20.1. The molecule has 214 valence electrons. The topological polar surface area (TPSA) is 65.0 Å². The molecule has 3 fully saturated rings. The predicted octanol–water partition coefficient (Wildman–Crippen LogP) is 6.99. The van der Waals surface area contributed by atoms with E-state index in [1.54, 1.807) is 0 Å².